The molecule has 1 aromatic carbocycles. The predicted octanol–water partition coefficient (Wildman–Crippen LogP) is 1.36. The van der Waals surface area contributed by atoms with Gasteiger partial charge >= 0.3 is 0 Å². The molecular weight excluding hydrogens is 240 g/mol. The second-order valence-corrected chi connectivity index (χ2v) is 5.69. The normalized spacial score (nSPS) is 30.1. The van der Waals surface area contributed by atoms with E-state index in [9.17, 15) is 4.79 Å². The highest BCUT2D eigenvalue weighted by Crippen LogP contribution is 2.34. The van der Waals surface area contributed by atoms with E-state index >= 15 is 0 Å². The summed E-state index contributed by atoms with van der Waals surface area (Å²) in [6, 6.07) is 8.16. The average Bonchev–Trinajstić information content (AvgIpc) is 2.80. The van der Waals surface area contributed by atoms with E-state index in [1.165, 1.54) is 5.56 Å². The number of hydrogen-bond donors (Lipinski definition) is 1. The Morgan fingerprint density at radius 2 is 2.21 bits per heavy atom. The Morgan fingerprint density at radius 1 is 1.42 bits per heavy atom. The number of piperidine rings is 1. The Labute approximate surface area is 113 Å². The topological polar surface area (TPSA) is 55.6 Å². The zero-order valence-electron chi connectivity index (χ0n) is 11.2. The lowest BCUT2D eigenvalue weighted by Crippen LogP contribution is -2.51. The molecule has 2 N–H and O–H groups in total. The molecule has 2 heterocycles. The van der Waals surface area contributed by atoms with E-state index in [1.54, 1.807) is 0 Å². The van der Waals surface area contributed by atoms with Crippen molar-refractivity contribution < 1.29 is 9.53 Å². The van der Waals surface area contributed by atoms with Crippen molar-refractivity contribution in [2.75, 3.05) is 19.7 Å². The van der Waals surface area contributed by atoms with Gasteiger partial charge in [0.05, 0.1) is 6.61 Å². The van der Waals surface area contributed by atoms with Crippen molar-refractivity contribution in [3.05, 3.63) is 29.8 Å². The molecule has 1 saturated heterocycles. The molecule has 0 saturated carbocycles. The molecule has 2 aliphatic heterocycles. The Bertz CT molecular complexity index is 489. The van der Waals surface area contributed by atoms with Crippen LogP contribution in [-0.2, 0) is 4.79 Å². The van der Waals surface area contributed by atoms with Crippen molar-refractivity contribution in [1.29, 1.82) is 0 Å². The van der Waals surface area contributed by atoms with Crippen molar-refractivity contribution in [1.82, 2.24) is 4.90 Å². The second-order valence-electron chi connectivity index (χ2n) is 5.69. The SMILES string of the molecule is CC1CC(=O)N(CC2COc3ccccc32)CC1N. The summed E-state index contributed by atoms with van der Waals surface area (Å²) < 4.78 is 5.67. The van der Waals surface area contributed by atoms with Gasteiger partial charge in [0, 0.05) is 37.0 Å². The minimum atomic E-state index is 0.0928. The van der Waals surface area contributed by atoms with Gasteiger partial charge < -0.3 is 15.4 Å². The van der Waals surface area contributed by atoms with Gasteiger partial charge in [-0.25, -0.2) is 0 Å². The van der Waals surface area contributed by atoms with Gasteiger partial charge in [0.2, 0.25) is 5.91 Å². The molecule has 2 aliphatic rings. The van der Waals surface area contributed by atoms with E-state index in [4.69, 9.17) is 10.5 Å². The van der Waals surface area contributed by atoms with Crippen LogP contribution in [0.1, 0.15) is 24.8 Å². The van der Waals surface area contributed by atoms with Crippen LogP contribution in [0.15, 0.2) is 24.3 Å². The zero-order valence-corrected chi connectivity index (χ0v) is 11.2. The summed E-state index contributed by atoms with van der Waals surface area (Å²) in [5, 5.41) is 0. The van der Waals surface area contributed by atoms with Crippen molar-refractivity contribution >= 4 is 5.91 Å². The fourth-order valence-electron chi connectivity index (χ4n) is 2.91. The quantitative estimate of drug-likeness (QED) is 0.873. The Morgan fingerprint density at radius 3 is 3.05 bits per heavy atom. The van der Waals surface area contributed by atoms with Crippen molar-refractivity contribution in [3.8, 4) is 5.75 Å². The number of carbonyl (C=O) groups excluding carboxylic acids is 1. The minimum absolute atomic E-state index is 0.0928. The van der Waals surface area contributed by atoms with E-state index in [-0.39, 0.29) is 23.8 Å². The summed E-state index contributed by atoms with van der Waals surface area (Å²) in [5.41, 5.74) is 7.29. The van der Waals surface area contributed by atoms with Crippen LogP contribution in [0.3, 0.4) is 0 Å². The predicted molar refractivity (Wildman–Crippen MR) is 73.0 cm³/mol. The molecule has 19 heavy (non-hydrogen) atoms. The lowest BCUT2D eigenvalue weighted by atomic mass is 9.92. The van der Waals surface area contributed by atoms with Crippen LogP contribution >= 0.6 is 0 Å². The maximum atomic E-state index is 12.1. The lowest BCUT2D eigenvalue weighted by molar-refractivity contribution is -0.135. The summed E-state index contributed by atoms with van der Waals surface area (Å²) in [6.07, 6.45) is 0.566. The highest BCUT2D eigenvalue weighted by molar-refractivity contribution is 5.77. The van der Waals surface area contributed by atoms with Crippen molar-refractivity contribution in [2.24, 2.45) is 11.7 Å². The first-order chi connectivity index (χ1) is 9.15. The molecule has 102 valence electrons. The molecule has 4 heteroatoms. The number of hydrogen-bond acceptors (Lipinski definition) is 3. The number of para-hydroxylation sites is 1. The fraction of sp³-hybridized carbons (Fsp3) is 0.533. The smallest absolute Gasteiger partial charge is 0.222 e. The van der Waals surface area contributed by atoms with Crippen LogP contribution in [0.2, 0.25) is 0 Å². The van der Waals surface area contributed by atoms with Crippen LogP contribution < -0.4 is 10.5 Å². The molecule has 3 unspecified atom stereocenters. The summed E-state index contributed by atoms with van der Waals surface area (Å²) in [6.45, 7) is 4.09. The molecule has 0 spiro atoms. The van der Waals surface area contributed by atoms with Crippen molar-refractivity contribution in [2.45, 2.75) is 25.3 Å². The molecule has 3 rings (SSSR count). The largest absolute Gasteiger partial charge is 0.493 e. The first kappa shape index (κ1) is 12.5. The Kier molecular flexibility index (Phi) is 3.19. The van der Waals surface area contributed by atoms with Crippen LogP contribution in [0, 0.1) is 5.92 Å². The highest BCUT2D eigenvalue weighted by Gasteiger charge is 2.33. The van der Waals surface area contributed by atoms with E-state index in [1.807, 2.05) is 30.0 Å². The molecule has 0 aliphatic carbocycles. The molecular formula is C15H20N2O2. The van der Waals surface area contributed by atoms with Gasteiger partial charge in [-0.2, -0.15) is 0 Å². The number of carbonyl (C=O) groups is 1. The third-order valence-electron chi connectivity index (χ3n) is 4.25. The average molecular weight is 260 g/mol. The van der Waals surface area contributed by atoms with Crippen LogP contribution in [0.5, 0.6) is 5.75 Å². The molecule has 0 aromatic heterocycles. The van der Waals surface area contributed by atoms with Gasteiger partial charge in [0.1, 0.15) is 5.75 Å². The second kappa shape index (κ2) is 4.85. The molecule has 1 fully saturated rings. The summed E-state index contributed by atoms with van der Waals surface area (Å²) >= 11 is 0. The molecule has 3 atom stereocenters. The number of rotatable bonds is 2. The van der Waals surface area contributed by atoms with E-state index in [2.05, 4.69) is 6.07 Å². The van der Waals surface area contributed by atoms with E-state index < -0.39 is 0 Å². The van der Waals surface area contributed by atoms with Crippen LogP contribution in [-0.4, -0.2) is 36.5 Å². The Balaban J connectivity index is 1.71. The highest BCUT2D eigenvalue weighted by atomic mass is 16.5. The summed E-state index contributed by atoms with van der Waals surface area (Å²) in [4.78, 5) is 14.0. The standard InChI is InChI=1S/C15H20N2O2/c1-10-6-15(18)17(8-13(10)16)7-11-9-19-14-5-3-2-4-12(11)14/h2-5,10-11,13H,6-9,16H2,1H3. The van der Waals surface area contributed by atoms with Gasteiger partial charge in [-0.05, 0) is 12.0 Å². The first-order valence-corrected chi connectivity index (χ1v) is 6.90. The third kappa shape index (κ3) is 2.32. The third-order valence-corrected chi connectivity index (χ3v) is 4.25. The van der Waals surface area contributed by atoms with Crippen molar-refractivity contribution in [3.63, 3.8) is 0 Å². The Hall–Kier alpha value is -1.55. The number of nitrogens with two attached hydrogens (primary N) is 1. The van der Waals surface area contributed by atoms with Gasteiger partial charge in [0.25, 0.3) is 0 Å². The zero-order chi connectivity index (χ0) is 13.4. The van der Waals surface area contributed by atoms with Gasteiger partial charge in [-0.3, -0.25) is 4.79 Å². The molecule has 4 nitrogen and oxygen atoms in total. The van der Waals surface area contributed by atoms with Gasteiger partial charge in [-0.15, -0.1) is 0 Å². The number of likely N-dealkylation sites (tertiary alicyclic amines) is 1. The molecule has 0 radical (unpaired) electrons. The number of fused-ring (bicyclic) bond motifs is 1. The summed E-state index contributed by atoms with van der Waals surface area (Å²) in [5.74, 6) is 1.74. The van der Waals surface area contributed by atoms with Crippen LogP contribution in [0.4, 0.5) is 0 Å². The van der Waals surface area contributed by atoms with Gasteiger partial charge in [-0.1, -0.05) is 25.1 Å². The fourth-order valence-corrected chi connectivity index (χ4v) is 2.91. The number of amides is 1. The molecule has 1 aromatic rings. The van der Waals surface area contributed by atoms with E-state index in [0.717, 1.165) is 12.3 Å². The number of benzene rings is 1. The minimum Gasteiger partial charge on any atom is -0.493 e. The van der Waals surface area contributed by atoms with Crippen LogP contribution in [0.25, 0.3) is 0 Å². The van der Waals surface area contributed by atoms with E-state index in [0.29, 0.717) is 19.6 Å². The number of nitrogens with zero attached hydrogens (tertiary/aromatic N) is 1. The van der Waals surface area contributed by atoms with Gasteiger partial charge in [0.15, 0.2) is 0 Å². The molecule has 1 amide bonds. The first-order valence-electron chi connectivity index (χ1n) is 6.90. The summed E-state index contributed by atoms with van der Waals surface area (Å²) in [7, 11) is 0. The lowest BCUT2D eigenvalue weighted by Gasteiger charge is -2.36. The molecule has 0 bridgehead atoms. The monoisotopic (exact) mass is 260 g/mol. The maximum Gasteiger partial charge on any atom is 0.222 e. The number of ether oxygens (including phenoxy) is 1. The maximum absolute atomic E-state index is 12.1.